The molecule has 268 valence electrons. The Hall–Kier alpha value is -0.360. The lowest BCUT2D eigenvalue weighted by atomic mass is 10.1. The highest BCUT2D eigenvalue weighted by Crippen LogP contribution is 2.05. The van der Waals surface area contributed by atoms with Gasteiger partial charge in [0.15, 0.2) is 0 Å². The topological polar surface area (TPSA) is 167 Å². The first-order chi connectivity index (χ1) is 21.1. The van der Waals surface area contributed by atoms with Gasteiger partial charge in [0.1, 0.15) is 0 Å². The molecule has 0 saturated heterocycles. The maximum absolute atomic E-state index is 5.37. The van der Waals surface area contributed by atoms with Crippen LogP contribution in [0.2, 0.25) is 0 Å². The molecule has 0 spiro atoms. The summed E-state index contributed by atoms with van der Waals surface area (Å²) in [6.45, 7) is 20.1. The average molecular weight is 626 g/mol. The van der Waals surface area contributed by atoms with Crippen LogP contribution in [0.5, 0.6) is 0 Å². The Morgan fingerprint density at radius 2 is 0.535 bits per heavy atom. The fraction of sp³-hybridized carbons (Fsp3) is 1.00. The van der Waals surface area contributed by atoms with E-state index in [2.05, 4.69) is 34.6 Å². The van der Waals surface area contributed by atoms with Gasteiger partial charge in [-0.2, -0.15) is 0 Å². The molecule has 9 heteroatoms. The van der Waals surface area contributed by atoms with E-state index < -0.39 is 0 Å². The van der Waals surface area contributed by atoms with Crippen LogP contribution in [0.25, 0.3) is 0 Å². The van der Waals surface area contributed by atoms with Crippen LogP contribution in [-0.2, 0) is 18.9 Å². The third kappa shape index (κ3) is 85.6. The predicted octanol–water partition coefficient (Wildman–Crippen LogP) is 6.13. The van der Waals surface area contributed by atoms with Crippen molar-refractivity contribution in [3.8, 4) is 0 Å². The van der Waals surface area contributed by atoms with Gasteiger partial charge < -0.3 is 47.6 Å². The summed E-state index contributed by atoms with van der Waals surface area (Å²) >= 11 is 0. The number of hydrogen-bond acceptors (Lipinski definition) is 9. The second-order valence-corrected chi connectivity index (χ2v) is 10.3. The smallest absolute Gasteiger partial charge is 0.0701 e. The zero-order valence-corrected chi connectivity index (χ0v) is 30.0. The van der Waals surface area contributed by atoms with E-state index in [0.717, 1.165) is 45.7 Å². The van der Waals surface area contributed by atoms with Crippen LogP contribution >= 0.6 is 0 Å². The first-order valence-corrected chi connectivity index (χ1v) is 17.9. The van der Waals surface area contributed by atoms with E-state index in [1.54, 1.807) is 0 Å². The van der Waals surface area contributed by atoms with E-state index in [-0.39, 0.29) is 0 Å². The van der Waals surface area contributed by atoms with Gasteiger partial charge in [0.25, 0.3) is 0 Å². The fourth-order valence-corrected chi connectivity index (χ4v) is 3.15. The fourth-order valence-electron chi connectivity index (χ4n) is 3.15. The van der Waals surface area contributed by atoms with Gasteiger partial charge in [-0.1, -0.05) is 105 Å². The van der Waals surface area contributed by atoms with E-state index >= 15 is 0 Å². The maximum atomic E-state index is 5.37. The monoisotopic (exact) mass is 626 g/mol. The minimum absolute atomic E-state index is 0.569. The van der Waals surface area contributed by atoms with Crippen LogP contribution in [0.3, 0.4) is 0 Å². The van der Waals surface area contributed by atoms with E-state index in [1.807, 2.05) is 0 Å². The van der Waals surface area contributed by atoms with Crippen molar-refractivity contribution in [3.63, 3.8) is 0 Å². The first-order valence-electron chi connectivity index (χ1n) is 17.9. The molecule has 0 aliphatic rings. The summed E-state index contributed by atoms with van der Waals surface area (Å²) < 4.78 is 20.6. The van der Waals surface area contributed by atoms with Crippen LogP contribution in [0.15, 0.2) is 0 Å². The molecule has 10 N–H and O–H groups in total. The molecule has 0 radical (unpaired) electrons. The molecule has 0 aromatic heterocycles. The highest BCUT2D eigenvalue weighted by Gasteiger charge is 1.90. The molecule has 0 fully saturated rings. The molecule has 0 heterocycles. The molecular weight excluding hydrogens is 542 g/mol. The van der Waals surface area contributed by atoms with Crippen molar-refractivity contribution in [3.05, 3.63) is 0 Å². The Morgan fingerprint density at radius 3 is 0.814 bits per heavy atom. The summed E-state index contributed by atoms with van der Waals surface area (Å²) in [7, 11) is 0. The molecule has 0 amide bonds. The van der Waals surface area contributed by atoms with Crippen molar-refractivity contribution in [2.75, 3.05) is 85.6 Å². The molecule has 9 nitrogen and oxygen atoms in total. The summed E-state index contributed by atoms with van der Waals surface area (Å²) in [6.07, 6.45) is 20.6. The minimum atomic E-state index is 0.569. The van der Waals surface area contributed by atoms with Crippen LogP contribution in [0.1, 0.15) is 137 Å². The van der Waals surface area contributed by atoms with Gasteiger partial charge in [-0.15, -0.1) is 0 Å². The molecule has 0 rings (SSSR count). The maximum Gasteiger partial charge on any atom is 0.0701 e. The van der Waals surface area contributed by atoms with Crippen molar-refractivity contribution in [1.29, 1.82) is 0 Å². The van der Waals surface area contributed by atoms with Gasteiger partial charge in [0, 0.05) is 26.3 Å². The Morgan fingerprint density at radius 1 is 0.256 bits per heavy atom. The molecular formula is C34H83N5O4. The average Bonchev–Trinajstić information content (AvgIpc) is 3.02. The van der Waals surface area contributed by atoms with Crippen LogP contribution in [-0.4, -0.2) is 85.6 Å². The normalized spacial score (nSPS) is 9.91. The van der Waals surface area contributed by atoms with Gasteiger partial charge in [0.2, 0.25) is 0 Å². The second-order valence-electron chi connectivity index (χ2n) is 10.3. The van der Waals surface area contributed by atoms with Gasteiger partial charge in [-0.25, -0.2) is 0 Å². The van der Waals surface area contributed by atoms with Crippen molar-refractivity contribution >= 4 is 0 Å². The standard InChI is InChI=1S/C9H21NO3.C9H21N.C7H17N.C5H13NO.C4H11N/c1-2-4-11-6-8-13-9-7-12-5-3-10;1-2-3-4-5-6-7-8-9-10;1-2-3-4-5-6-7-8;1-2-4-7-5-3-6;1-2-3-4-5/h2-10H2,1H3;2-10H2,1H3;2-8H2,1H3;2-6H2,1H3;2-5H2,1H3. The van der Waals surface area contributed by atoms with Gasteiger partial charge in [0.05, 0.1) is 39.6 Å². The Labute approximate surface area is 270 Å². The molecule has 0 aliphatic heterocycles. The Bertz CT molecular complexity index is 344. The number of nitrogens with two attached hydrogens (primary N) is 5. The third-order valence-electron chi connectivity index (χ3n) is 5.64. The Kier molecular flexibility index (Phi) is 78.3. The summed E-state index contributed by atoms with van der Waals surface area (Å²) in [5.74, 6) is 0. The van der Waals surface area contributed by atoms with Crippen LogP contribution < -0.4 is 28.7 Å². The number of rotatable bonds is 28. The molecule has 0 aliphatic carbocycles. The first kappa shape index (κ1) is 52.2. The molecule has 0 atom stereocenters. The summed E-state index contributed by atoms with van der Waals surface area (Å²) in [6, 6.07) is 0. The van der Waals surface area contributed by atoms with E-state index in [1.165, 1.54) is 89.9 Å². The lowest BCUT2D eigenvalue weighted by Crippen LogP contribution is -2.13. The zero-order chi connectivity index (χ0) is 33.3. The summed E-state index contributed by atoms with van der Waals surface area (Å²) in [4.78, 5) is 0. The van der Waals surface area contributed by atoms with E-state index in [4.69, 9.17) is 47.6 Å². The van der Waals surface area contributed by atoms with Gasteiger partial charge in [-0.05, 0) is 51.7 Å². The lowest BCUT2D eigenvalue weighted by molar-refractivity contribution is 0.0161. The van der Waals surface area contributed by atoms with Gasteiger partial charge >= 0.3 is 0 Å². The minimum Gasteiger partial charge on any atom is -0.380 e. The zero-order valence-electron chi connectivity index (χ0n) is 30.0. The SMILES string of the molecule is CCCCCCCCCN.CCCCCCCN.CCCCN.CCCOCCN.CCCOCCOCCOCCN. The van der Waals surface area contributed by atoms with Crippen LogP contribution in [0.4, 0.5) is 0 Å². The largest absolute Gasteiger partial charge is 0.380 e. The lowest BCUT2D eigenvalue weighted by Gasteiger charge is -2.05. The predicted molar refractivity (Wildman–Crippen MR) is 191 cm³/mol. The van der Waals surface area contributed by atoms with E-state index in [9.17, 15) is 0 Å². The van der Waals surface area contributed by atoms with Gasteiger partial charge in [-0.3, -0.25) is 0 Å². The molecule has 0 saturated carbocycles. The molecule has 43 heavy (non-hydrogen) atoms. The highest BCUT2D eigenvalue weighted by molar-refractivity contribution is 4.45. The summed E-state index contributed by atoms with van der Waals surface area (Å²) in [5.41, 5.74) is 26.2. The van der Waals surface area contributed by atoms with Crippen molar-refractivity contribution in [2.45, 2.75) is 137 Å². The number of unbranched alkanes of at least 4 members (excludes halogenated alkanes) is 11. The van der Waals surface area contributed by atoms with Crippen molar-refractivity contribution < 1.29 is 18.9 Å². The molecule has 0 bridgehead atoms. The third-order valence-corrected chi connectivity index (χ3v) is 5.64. The number of ether oxygens (including phenoxy) is 4. The van der Waals surface area contributed by atoms with Crippen molar-refractivity contribution in [2.24, 2.45) is 28.7 Å². The molecule has 0 unspecified atom stereocenters. The molecule has 0 aromatic rings. The summed E-state index contributed by atoms with van der Waals surface area (Å²) in [5, 5.41) is 0. The van der Waals surface area contributed by atoms with Crippen LogP contribution in [0, 0.1) is 0 Å². The second kappa shape index (κ2) is 64.6. The van der Waals surface area contributed by atoms with Crippen molar-refractivity contribution in [1.82, 2.24) is 0 Å². The van der Waals surface area contributed by atoms with E-state index in [0.29, 0.717) is 52.7 Å². The Balaban J connectivity index is -0.000000145. The quantitative estimate of drug-likeness (QED) is 0.0642. The number of hydrogen-bond donors (Lipinski definition) is 5. The highest BCUT2D eigenvalue weighted by atomic mass is 16.5. The molecule has 0 aromatic carbocycles.